The summed E-state index contributed by atoms with van der Waals surface area (Å²) in [6.07, 6.45) is 0. The minimum absolute atomic E-state index is 0.169. The third-order valence-corrected chi connectivity index (χ3v) is 5.48. The van der Waals surface area contributed by atoms with Gasteiger partial charge in [-0.1, -0.05) is 11.3 Å². The predicted molar refractivity (Wildman–Crippen MR) is 106 cm³/mol. The van der Waals surface area contributed by atoms with Crippen molar-refractivity contribution in [3.8, 4) is 11.5 Å². The van der Waals surface area contributed by atoms with Crippen molar-refractivity contribution >= 4 is 32.6 Å². The Morgan fingerprint density at radius 1 is 1.18 bits per heavy atom. The van der Waals surface area contributed by atoms with Crippen LogP contribution in [0.2, 0.25) is 0 Å². The van der Waals surface area contributed by atoms with Gasteiger partial charge in [-0.15, -0.1) is 0 Å². The monoisotopic (exact) mass is 402 g/mol. The summed E-state index contributed by atoms with van der Waals surface area (Å²) in [4.78, 5) is 20.7. The number of likely N-dealkylation sites (N-methyl/N-ethyl adjacent to an activating group) is 1. The highest BCUT2D eigenvalue weighted by Gasteiger charge is 2.24. The average Bonchev–Trinajstić information content (AvgIpc) is 3.10. The number of anilines is 1. The molecule has 8 heteroatoms. The van der Waals surface area contributed by atoms with E-state index in [1.165, 1.54) is 28.4 Å². The second-order valence-electron chi connectivity index (χ2n) is 6.88. The zero-order chi connectivity index (χ0) is 19.7. The second-order valence-corrected chi connectivity index (χ2v) is 7.89. The van der Waals surface area contributed by atoms with Gasteiger partial charge in [-0.3, -0.25) is 9.69 Å². The van der Waals surface area contributed by atoms with Gasteiger partial charge in [0.2, 0.25) is 0 Å². The van der Waals surface area contributed by atoms with Crippen LogP contribution in [0.1, 0.15) is 10.4 Å². The summed E-state index contributed by atoms with van der Waals surface area (Å²) in [5, 5.41) is 0.557. The van der Waals surface area contributed by atoms with Crippen molar-refractivity contribution in [2.75, 3.05) is 45.3 Å². The molecule has 0 aliphatic carbocycles. The molecule has 0 bridgehead atoms. The number of fused-ring (bicyclic) bond motifs is 2. The van der Waals surface area contributed by atoms with Crippen molar-refractivity contribution in [2.24, 2.45) is 0 Å². The SMILES string of the molecule is C[NH+](C)CCN(C(=O)c1ccc2c(c1)OCCO2)c1nc2ccc(F)cc2s1. The number of carbonyl (C=O) groups excluding carboxylic acids is 1. The summed E-state index contributed by atoms with van der Waals surface area (Å²) in [6.45, 7) is 2.21. The Morgan fingerprint density at radius 3 is 2.75 bits per heavy atom. The molecule has 0 spiro atoms. The zero-order valence-electron chi connectivity index (χ0n) is 15.7. The molecule has 2 aromatic carbocycles. The minimum Gasteiger partial charge on any atom is -0.486 e. The molecule has 2 heterocycles. The lowest BCUT2D eigenvalue weighted by atomic mass is 10.1. The maximum absolute atomic E-state index is 13.6. The number of halogens is 1. The minimum atomic E-state index is -0.315. The molecule has 146 valence electrons. The molecule has 0 saturated heterocycles. The van der Waals surface area contributed by atoms with Crippen LogP contribution in [0.25, 0.3) is 10.2 Å². The van der Waals surface area contributed by atoms with Crippen molar-refractivity contribution in [1.29, 1.82) is 0 Å². The van der Waals surface area contributed by atoms with Crippen LogP contribution in [-0.4, -0.2) is 51.3 Å². The molecule has 1 N–H and O–H groups in total. The van der Waals surface area contributed by atoms with Crippen LogP contribution in [0.15, 0.2) is 36.4 Å². The fourth-order valence-electron chi connectivity index (χ4n) is 2.95. The van der Waals surface area contributed by atoms with Gasteiger partial charge in [-0.2, -0.15) is 0 Å². The number of hydrogen-bond acceptors (Lipinski definition) is 5. The molecule has 1 aliphatic rings. The van der Waals surface area contributed by atoms with E-state index in [-0.39, 0.29) is 11.7 Å². The van der Waals surface area contributed by atoms with Crippen LogP contribution in [0.5, 0.6) is 11.5 Å². The maximum Gasteiger partial charge on any atom is 0.260 e. The summed E-state index contributed by atoms with van der Waals surface area (Å²) in [7, 11) is 4.06. The van der Waals surface area contributed by atoms with E-state index in [0.29, 0.717) is 52.2 Å². The number of benzene rings is 2. The average molecular weight is 402 g/mol. The predicted octanol–water partition coefficient (Wildman–Crippen LogP) is 2.00. The number of hydrogen-bond donors (Lipinski definition) is 1. The van der Waals surface area contributed by atoms with Gasteiger partial charge in [-0.25, -0.2) is 9.37 Å². The maximum atomic E-state index is 13.6. The third kappa shape index (κ3) is 3.79. The number of rotatable bonds is 5. The molecule has 0 unspecified atom stereocenters. The third-order valence-electron chi connectivity index (χ3n) is 4.44. The van der Waals surface area contributed by atoms with Gasteiger partial charge in [0.15, 0.2) is 16.6 Å². The quantitative estimate of drug-likeness (QED) is 0.709. The molecule has 0 atom stereocenters. The lowest BCUT2D eigenvalue weighted by Gasteiger charge is -2.22. The largest absolute Gasteiger partial charge is 0.486 e. The Bertz CT molecular complexity index is 1020. The standard InChI is InChI=1S/C20H20FN3O3S/c1-23(2)7-8-24(20-22-15-5-4-14(21)12-18(15)28-20)19(25)13-3-6-16-17(11-13)27-10-9-26-16/h3-6,11-12H,7-10H2,1-2H3/p+1. The van der Waals surface area contributed by atoms with E-state index >= 15 is 0 Å². The Labute approximate surface area is 166 Å². The molecule has 6 nitrogen and oxygen atoms in total. The summed E-state index contributed by atoms with van der Waals surface area (Å²) in [5.74, 6) is 0.729. The number of ether oxygens (including phenoxy) is 2. The highest BCUT2D eigenvalue weighted by Crippen LogP contribution is 2.33. The lowest BCUT2D eigenvalue weighted by molar-refractivity contribution is -0.856. The van der Waals surface area contributed by atoms with Crippen LogP contribution in [0, 0.1) is 5.82 Å². The highest BCUT2D eigenvalue weighted by atomic mass is 32.1. The fourth-order valence-corrected chi connectivity index (χ4v) is 3.97. The zero-order valence-corrected chi connectivity index (χ0v) is 16.5. The summed E-state index contributed by atoms with van der Waals surface area (Å²) >= 11 is 1.31. The van der Waals surface area contributed by atoms with E-state index in [4.69, 9.17) is 9.47 Å². The van der Waals surface area contributed by atoms with E-state index < -0.39 is 0 Å². The summed E-state index contributed by atoms with van der Waals surface area (Å²) < 4.78 is 25.4. The first kappa shape index (κ1) is 18.6. The molecular formula is C20H21FN3O3S+. The number of carbonyl (C=O) groups is 1. The highest BCUT2D eigenvalue weighted by molar-refractivity contribution is 7.22. The van der Waals surface area contributed by atoms with Gasteiger partial charge < -0.3 is 14.4 Å². The normalized spacial score (nSPS) is 13.1. The number of aromatic nitrogens is 1. The Kier molecular flexibility index (Phi) is 5.15. The Hall–Kier alpha value is -2.71. The second kappa shape index (κ2) is 7.73. The van der Waals surface area contributed by atoms with Gasteiger partial charge in [0.25, 0.3) is 5.91 Å². The summed E-state index contributed by atoms with van der Waals surface area (Å²) in [6, 6.07) is 9.65. The summed E-state index contributed by atoms with van der Waals surface area (Å²) in [5.41, 5.74) is 1.18. The molecular weight excluding hydrogens is 381 g/mol. The van der Waals surface area contributed by atoms with Crippen molar-refractivity contribution in [1.82, 2.24) is 4.98 Å². The van der Waals surface area contributed by atoms with Crippen LogP contribution in [0.4, 0.5) is 9.52 Å². The molecule has 4 rings (SSSR count). The smallest absolute Gasteiger partial charge is 0.260 e. The fraction of sp³-hybridized carbons (Fsp3) is 0.300. The molecule has 28 heavy (non-hydrogen) atoms. The number of nitrogens with zero attached hydrogens (tertiary/aromatic N) is 2. The molecule has 0 fully saturated rings. The van der Waals surface area contributed by atoms with Gasteiger partial charge in [-0.05, 0) is 36.4 Å². The van der Waals surface area contributed by atoms with Gasteiger partial charge >= 0.3 is 0 Å². The Morgan fingerprint density at radius 2 is 1.96 bits per heavy atom. The molecule has 3 aromatic rings. The Balaban J connectivity index is 1.69. The number of amides is 1. The first-order valence-electron chi connectivity index (χ1n) is 9.08. The molecule has 0 radical (unpaired) electrons. The topological polar surface area (TPSA) is 56.1 Å². The van der Waals surface area contributed by atoms with Gasteiger partial charge in [0.1, 0.15) is 19.0 Å². The van der Waals surface area contributed by atoms with Crippen molar-refractivity contribution < 1.29 is 23.6 Å². The van der Waals surface area contributed by atoms with E-state index in [0.717, 1.165) is 6.54 Å². The van der Waals surface area contributed by atoms with Gasteiger partial charge in [0.05, 0.1) is 37.4 Å². The van der Waals surface area contributed by atoms with Crippen LogP contribution in [0.3, 0.4) is 0 Å². The van der Waals surface area contributed by atoms with E-state index in [1.807, 2.05) is 14.1 Å². The van der Waals surface area contributed by atoms with E-state index in [9.17, 15) is 9.18 Å². The molecule has 1 aliphatic heterocycles. The van der Waals surface area contributed by atoms with Crippen molar-refractivity contribution in [3.05, 3.63) is 47.8 Å². The van der Waals surface area contributed by atoms with Crippen molar-refractivity contribution in [3.63, 3.8) is 0 Å². The lowest BCUT2D eigenvalue weighted by Crippen LogP contribution is -3.06. The molecule has 1 amide bonds. The number of thiazole rings is 1. The first-order chi connectivity index (χ1) is 13.5. The van der Waals surface area contributed by atoms with Crippen molar-refractivity contribution in [2.45, 2.75) is 0 Å². The molecule has 1 aromatic heterocycles. The van der Waals surface area contributed by atoms with Crippen LogP contribution >= 0.6 is 11.3 Å². The van der Waals surface area contributed by atoms with Gasteiger partial charge in [0, 0.05) is 5.56 Å². The van der Waals surface area contributed by atoms with E-state index in [2.05, 4.69) is 4.98 Å². The van der Waals surface area contributed by atoms with E-state index in [1.54, 1.807) is 29.2 Å². The van der Waals surface area contributed by atoms with Crippen LogP contribution in [-0.2, 0) is 0 Å². The molecule has 0 saturated carbocycles. The number of nitrogens with one attached hydrogen (secondary N) is 1. The number of quaternary nitrogens is 1. The van der Waals surface area contributed by atoms with Crippen LogP contribution < -0.4 is 19.3 Å². The first-order valence-corrected chi connectivity index (χ1v) is 9.89.